The van der Waals surface area contributed by atoms with Crippen LogP contribution in [0, 0.1) is 11.3 Å². The van der Waals surface area contributed by atoms with E-state index in [1.165, 1.54) is 44.9 Å². The maximum atomic E-state index is 11.4. The number of carboxylic acid groups (broad SMARTS) is 1. The molecule has 1 atom stereocenters. The Hall–Kier alpha value is -2.02. The van der Waals surface area contributed by atoms with Crippen molar-refractivity contribution in [2.45, 2.75) is 83.7 Å². The zero-order valence-electron chi connectivity index (χ0n) is 15.4. The zero-order chi connectivity index (χ0) is 18.3. The Balaban J connectivity index is 2.22. The lowest BCUT2D eigenvalue weighted by molar-refractivity contribution is -0.145. The summed E-state index contributed by atoms with van der Waals surface area (Å²) in [7, 11) is 0. The van der Waals surface area contributed by atoms with Crippen molar-refractivity contribution in [1.82, 2.24) is 0 Å². The van der Waals surface area contributed by atoms with Crippen LogP contribution in [-0.4, -0.2) is 17.2 Å². The first-order valence-corrected chi connectivity index (χ1v) is 9.57. The SMILES string of the molecule is CCCCCCCCCCCCC(Oc1ccccc1C#N)C(=O)O. The molecule has 0 saturated heterocycles. The van der Waals surface area contributed by atoms with Gasteiger partial charge in [0.1, 0.15) is 11.8 Å². The monoisotopic (exact) mass is 345 g/mol. The van der Waals surface area contributed by atoms with Gasteiger partial charge < -0.3 is 9.84 Å². The second-order valence-corrected chi connectivity index (χ2v) is 6.52. The topological polar surface area (TPSA) is 70.3 Å². The summed E-state index contributed by atoms with van der Waals surface area (Å²) in [6.45, 7) is 2.23. The molecule has 0 aliphatic rings. The Morgan fingerprint density at radius 2 is 1.60 bits per heavy atom. The number of para-hydroxylation sites is 1. The van der Waals surface area contributed by atoms with Crippen LogP contribution in [0.15, 0.2) is 24.3 Å². The van der Waals surface area contributed by atoms with Gasteiger partial charge in [-0.15, -0.1) is 0 Å². The number of carboxylic acids is 1. The third kappa shape index (κ3) is 9.14. The highest BCUT2D eigenvalue weighted by Crippen LogP contribution is 2.20. The summed E-state index contributed by atoms with van der Waals surface area (Å²) < 4.78 is 5.56. The molecule has 0 fully saturated rings. The van der Waals surface area contributed by atoms with Crippen LogP contribution in [0.25, 0.3) is 0 Å². The number of benzene rings is 1. The third-order valence-electron chi connectivity index (χ3n) is 4.37. The van der Waals surface area contributed by atoms with Crippen molar-refractivity contribution in [3.05, 3.63) is 29.8 Å². The molecule has 0 radical (unpaired) electrons. The maximum absolute atomic E-state index is 11.4. The molecule has 1 aromatic rings. The van der Waals surface area contributed by atoms with E-state index in [4.69, 9.17) is 10.00 Å². The number of nitriles is 1. The molecule has 4 nitrogen and oxygen atoms in total. The lowest BCUT2D eigenvalue weighted by atomic mass is 10.0. The van der Waals surface area contributed by atoms with Gasteiger partial charge in [0, 0.05) is 0 Å². The van der Waals surface area contributed by atoms with Crippen molar-refractivity contribution in [1.29, 1.82) is 5.26 Å². The van der Waals surface area contributed by atoms with Crippen molar-refractivity contribution >= 4 is 5.97 Å². The summed E-state index contributed by atoms with van der Waals surface area (Å²) in [5.74, 6) is -0.617. The first-order valence-electron chi connectivity index (χ1n) is 9.57. The van der Waals surface area contributed by atoms with Gasteiger partial charge in [-0.2, -0.15) is 5.26 Å². The van der Waals surface area contributed by atoms with E-state index in [2.05, 4.69) is 6.92 Å². The number of aliphatic carboxylic acids is 1. The molecule has 0 aromatic heterocycles. The summed E-state index contributed by atoms with van der Waals surface area (Å²) in [4.78, 5) is 11.4. The van der Waals surface area contributed by atoms with Crippen molar-refractivity contribution in [2.24, 2.45) is 0 Å². The minimum atomic E-state index is -0.969. The van der Waals surface area contributed by atoms with E-state index in [1.807, 2.05) is 6.07 Å². The molecule has 4 heteroatoms. The Labute approximate surface area is 151 Å². The smallest absolute Gasteiger partial charge is 0.344 e. The average molecular weight is 345 g/mol. The van der Waals surface area contributed by atoms with Crippen LogP contribution in [0.1, 0.15) is 83.1 Å². The Kier molecular flexibility index (Phi) is 11.2. The number of rotatable bonds is 14. The van der Waals surface area contributed by atoms with E-state index in [-0.39, 0.29) is 0 Å². The van der Waals surface area contributed by atoms with Gasteiger partial charge in [-0.3, -0.25) is 0 Å². The van der Waals surface area contributed by atoms with Gasteiger partial charge in [0.05, 0.1) is 5.56 Å². The lowest BCUT2D eigenvalue weighted by Crippen LogP contribution is -2.27. The molecular formula is C21H31NO3. The predicted molar refractivity (Wildman–Crippen MR) is 99.7 cm³/mol. The molecule has 0 amide bonds. The fourth-order valence-electron chi connectivity index (χ4n) is 2.87. The van der Waals surface area contributed by atoms with E-state index in [0.29, 0.717) is 17.7 Å². The quantitative estimate of drug-likeness (QED) is 0.439. The zero-order valence-corrected chi connectivity index (χ0v) is 15.4. The molecule has 0 spiro atoms. The van der Waals surface area contributed by atoms with Gasteiger partial charge in [-0.1, -0.05) is 76.8 Å². The fraction of sp³-hybridized carbons (Fsp3) is 0.619. The molecule has 0 bridgehead atoms. The highest BCUT2D eigenvalue weighted by Gasteiger charge is 2.20. The molecule has 0 heterocycles. The van der Waals surface area contributed by atoms with E-state index >= 15 is 0 Å². The Bertz CT molecular complexity index is 536. The molecule has 0 saturated carbocycles. The van der Waals surface area contributed by atoms with Crippen molar-refractivity contribution in [2.75, 3.05) is 0 Å². The van der Waals surface area contributed by atoms with E-state index in [1.54, 1.807) is 24.3 Å². The third-order valence-corrected chi connectivity index (χ3v) is 4.37. The summed E-state index contributed by atoms with van der Waals surface area (Å²) in [5.41, 5.74) is 0.372. The number of unbranched alkanes of at least 4 members (excludes halogenated alkanes) is 9. The van der Waals surface area contributed by atoms with Crippen LogP contribution in [0.5, 0.6) is 5.75 Å². The lowest BCUT2D eigenvalue weighted by Gasteiger charge is -2.15. The summed E-state index contributed by atoms with van der Waals surface area (Å²) >= 11 is 0. The average Bonchev–Trinajstić information content (AvgIpc) is 2.62. The van der Waals surface area contributed by atoms with E-state index in [9.17, 15) is 9.90 Å². The number of hydrogen-bond donors (Lipinski definition) is 1. The van der Waals surface area contributed by atoms with Crippen LogP contribution in [0.2, 0.25) is 0 Å². The minimum Gasteiger partial charge on any atom is -0.479 e. The van der Waals surface area contributed by atoms with Crippen molar-refractivity contribution < 1.29 is 14.6 Å². The largest absolute Gasteiger partial charge is 0.479 e. The molecule has 1 N–H and O–H groups in total. The summed E-state index contributed by atoms with van der Waals surface area (Å²) in [6, 6.07) is 8.80. The van der Waals surface area contributed by atoms with Crippen LogP contribution >= 0.6 is 0 Å². The van der Waals surface area contributed by atoms with Crippen LogP contribution in [0.3, 0.4) is 0 Å². The van der Waals surface area contributed by atoms with Gasteiger partial charge in [0.2, 0.25) is 0 Å². The number of nitrogens with zero attached hydrogens (tertiary/aromatic N) is 1. The Morgan fingerprint density at radius 3 is 2.16 bits per heavy atom. The predicted octanol–water partition coefficient (Wildman–Crippen LogP) is 5.70. The molecular weight excluding hydrogens is 314 g/mol. The molecule has 138 valence electrons. The normalized spacial score (nSPS) is 11.7. The highest BCUT2D eigenvalue weighted by atomic mass is 16.5. The number of hydrogen-bond acceptors (Lipinski definition) is 3. The van der Waals surface area contributed by atoms with Crippen LogP contribution in [0.4, 0.5) is 0 Å². The first-order chi connectivity index (χ1) is 12.2. The van der Waals surface area contributed by atoms with Gasteiger partial charge in [0.15, 0.2) is 6.10 Å². The van der Waals surface area contributed by atoms with Gasteiger partial charge >= 0.3 is 5.97 Å². The highest BCUT2D eigenvalue weighted by molar-refractivity contribution is 5.72. The van der Waals surface area contributed by atoms with Gasteiger partial charge in [0.25, 0.3) is 0 Å². The van der Waals surface area contributed by atoms with Crippen molar-refractivity contribution in [3.63, 3.8) is 0 Å². The first kappa shape index (κ1) is 21.0. The standard InChI is InChI=1S/C21H31NO3/c1-2-3-4-5-6-7-8-9-10-11-16-20(21(23)24)25-19-15-13-12-14-18(19)17-22/h12-15,20H,2-11,16H2,1H3,(H,23,24). The second kappa shape index (κ2) is 13.3. The summed E-state index contributed by atoms with van der Waals surface area (Å²) in [6.07, 6.45) is 11.7. The number of carbonyl (C=O) groups is 1. The van der Waals surface area contributed by atoms with Gasteiger partial charge in [-0.05, 0) is 25.0 Å². The minimum absolute atomic E-state index is 0.351. The molecule has 1 aromatic carbocycles. The molecule has 0 aliphatic carbocycles. The Morgan fingerprint density at radius 1 is 1.04 bits per heavy atom. The number of ether oxygens (including phenoxy) is 1. The molecule has 1 rings (SSSR count). The van der Waals surface area contributed by atoms with E-state index < -0.39 is 12.1 Å². The molecule has 25 heavy (non-hydrogen) atoms. The maximum Gasteiger partial charge on any atom is 0.344 e. The molecule has 0 aliphatic heterocycles. The summed E-state index contributed by atoms with van der Waals surface area (Å²) in [5, 5.41) is 18.4. The second-order valence-electron chi connectivity index (χ2n) is 6.52. The molecule has 1 unspecified atom stereocenters. The van der Waals surface area contributed by atoms with Crippen LogP contribution < -0.4 is 4.74 Å². The van der Waals surface area contributed by atoms with Crippen molar-refractivity contribution in [3.8, 4) is 11.8 Å². The van der Waals surface area contributed by atoms with E-state index in [0.717, 1.165) is 19.3 Å². The fourth-order valence-corrected chi connectivity index (χ4v) is 2.87. The van der Waals surface area contributed by atoms with Crippen LogP contribution in [-0.2, 0) is 4.79 Å². The van der Waals surface area contributed by atoms with Gasteiger partial charge in [-0.25, -0.2) is 4.79 Å².